The zero-order chi connectivity index (χ0) is 20.7. The van der Waals surface area contributed by atoms with Crippen molar-refractivity contribution in [2.75, 3.05) is 12.3 Å². The number of carbonyl (C=O) groups excluding carboxylic acids is 1. The summed E-state index contributed by atoms with van der Waals surface area (Å²) in [6, 6.07) is 18.1. The van der Waals surface area contributed by atoms with Crippen LogP contribution in [0.3, 0.4) is 0 Å². The average molecular weight is 430 g/mol. The fraction of sp³-hybridized carbons (Fsp3) is 0.227. The number of benzene rings is 2. The minimum Gasteiger partial charge on any atom is -0.459 e. The van der Waals surface area contributed by atoms with Crippen LogP contribution < -0.4 is 5.32 Å². The molecule has 5 nitrogen and oxygen atoms in total. The summed E-state index contributed by atoms with van der Waals surface area (Å²) in [5, 5.41) is 2.80. The van der Waals surface area contributed by atoms with Gasteiger partial charge in [0, 0.05) is 23.6 Å². The standard InChI is InChI=1S/C22H23NO4S2/c1-17-7-9-18(10-8-17)15-28-14-12-23-22(24)21-19(11-13-27-21)16-29(25,26)20-5-3-2-4-6-20/h2-11,13H,12,14-16H2,1H3,(H,23,24). The van der Waals surface area contributed by atoms with Gasteiger partial charge >= 0.3 is 0 Å². The number of carbonyl (C=O) groups is 1. The van der Waals surface area contributed by atoms with Gasteiger partial charge in [0.25, 0.3) is 5.91 Å². The van der Waals surface area contributed by atoms with E-state index < -0.39 is 15.7 Å². The van der Waals surface area contributed by atoms with E-state index in [1.807, 2.05) is 0 Å². The molecule has 0 saturated carbocycles. The van der Waals surface area contributed by atoms with Crippen molar-refractivity contribution in [3.63, 3.8) is 0 Å². The van der Waals surface area contributed by atoms with Crippen molar-refractivity contribution in [1.82, 2.24) is 5.32 Å². The number of sulfone groups is 1. The molecule has 1 N–H and O–H groups in total. The normalized spacial score (nSPS) is 11.3. The first kappa shape index (κ1) is 21.2. The van der Waals surface area contributed by atoms with Crippen molar-refractivity contribution in [2.24, 2.45) is 0 Å². The van der Waals surface area contributed by atoms with Crippen LogP contribution in [0.15, 0.2) is 76.2 Å². The Morgan fingerprint density at radius 1 is 1.03 bits per heavy atom. The lowest BCUT2D eigenvalue weighted by Crippen LogP contribution is -2.26. The molecular formula is C22H23NO4S2. The van der Waals surface area contributed by atoms with Crippen LogP contribution in [0.5, 0.6) is 0 Å². The predicted molar refractivity (Wildman–Crippen MR) is 116 cm³/mol. The van der Waals surface area contributed by atoms with E-state index in [0.29, 0.717) is 12.1 Å². The molecule has 29 heavy (non-hydrogen) atoms. The molecule has 152 valence electrons. The molecule has 3 aromatic rings. The van der Waals surface area contributed by atoms with Crippen molar-refractivity contribution in [1.29, 1.82) is 0 Å². The lowest BCUT2D eigenvalue weighted by Gasteiger charge is -2.07. The second-order valence-electron chi connectivity index (χ2n) is 6.64. The van der Waals surface area contributed by atoms with Crippen LogP contribution in [0.2, 0.25) is 0 Å². The molecule has 0 unspecified atom stereocenters. The van der Waals surface area contributed by atoms with Crippen LogP contribution in [0.4, 0.5) is 0 Å². The Morgan fingerprint density at radius 2 is 1.76 bits per heavy atom. The van der Waals surface area contributed by atoms with E-state index in [1.165, 1.54) is 23.5 Å². The summed E-state index contributed by atoms with van der Waals surface area (Å²) in [6.45, 7) is 2.53. The molecule has 7 heteroatoms. The Morgan fingerprint density at radius 3 is 2.48 bits per heavy atom. The first-order valence-electron chi connectivity index (χ1n) is 9.21. The Balaban J connectivity index is 1.50. The third kappa shape index (κ3) is 5.98. The Bertz CT molecular complexity index is 1040. The number of furan rings is 1. The highest BCUT2D eigenvalue weighted by Gasteiger charge is 2.22. The van der Waals surface area contributed by atoms with Gasteiger partial charge in [-0.2, -0.15) is 11.8 Å². The van der Waals surface area contributed by atoms with Crippen LogP contribution in [0, 0.1) is 6.92 Å². The highest BCUT2D eigenvalue weighted by atomic mass is 32.2. The molecule has 1 amide bonds. The molecule has 3 rings (SSSR count). The van der Waals surface area contributed by atoms with Crippen LogP contribution in [-0.4, -0.2) is 26.6 Å². The summed E-state index contributed by atoms with van der Waals surface area (Å²) in [4.78, 5) is 12.6. The predicted octanol–water partition coefficient (Wildman–Crippen LogP) is 4.23. The quantitative estimate of drug-likeness (QED) is 0.515. The summed E-state index contributed by atoms with van der Waals surface area (Å²) in [5.41, 5.74) is 2.83. The van der Waals surface area contributed by atoms with Gasteiger partial charge in [-0.05, 0) is 30.7 Å². The number of aryl methyl sites for hydroxylation is 1. The first-order valence-corrected chi connectivity index (χ1v) is 12.0. The van der Waals surface area contributed by atoms with Crippen molar-refractivity contribution in [2.45, 2.75) is 23.3 Å². The Hall–Kier alpha value is -2.51. The first-order chi connectivity index (χ1) is 14.0. The molecule has 0 saturated heterocycles. The molecule has 0 radical (unpaired) electrons. The van der Waals surface area contributed by atoms with Gasteiger partial charge in [0.05, 0.1) is 16.9 Å². The van der Waals surface area contributed by atoms with E-state index >= 15 is 0 Å². The number of hydrogen-bond acceptors (Lipinski definition) is 5. The number of rotatable bonds is 9. The molecule has 0 bridgehead atoms. The van der Waals surface area contributed by atoms with E-state index in [-0.39, 0.29) is 16.4 Å². The van der Waals surface area contributed by atoms with Gasteiger partial charge in [-0.1, -0.05) is 48.0 Å². The summed E-state index contributed by atoms with van der Waals surface area (Å²) < 4.78 is 30.4. The SMILES string of the molecule is Cc1ccc(CSCCNC(=O)c2occc2CS(=O)(=O)c2ccccc2)cc1. The van der Waals surface area contributed by atoms with E-state index in [2.05, 4.69) is 36.5 Å². The molecule has 0 fully saturated rings. The molecule has 0 aliphatic rings. The van der Waals surface area contributed by atoms with E-state index in [0.717, 1.165) is 11.5 Å². The van der Waals surface area contributed by atoms with Crippen LogP contribution in [0.1, 0.15) is 27.2 Å². The summed E-state index contributed by atoms with van der Waals surface area (Å²) in [6.07, 6.45) is 1.34. The maximum absolute atomic E-state index is 12.6. The smallest absolute Gasteiger partial charge is 0.287 e. The number of nitrogens with one attached hydrogen (secondary N) is 1. The van der Waals surface area contributed by atoms with Crippen LogP contribution >= 0.6 is 11.8 Å². The summed E-state index contributed by atoms with van der Waals surface area (Å²) in [5.74, 6) is 0.991. The van der Waals surface area contributed by atoms with Gasteiger partial charge in [-0.25, -0.2) is 8.42 Å². The Labute approximate surface area is 175 Å². The lowest BCUT2D eigenvalue weighted by atomic mass is 10.2. The average Bonchev–Trinajstić information content (AvgIpc) is 3.17. The third-order valence-corrected chi connectivity index (χ3v) is 7.03. The maximum Gasteiger partial charge on any atom is 0.287 e. The van der Waals surface area contributed by atoms with E-state index in [1.54, 1.807) is 42.1 Å². The molecule has 1 heterocycles. The molecule has 0 spiro atoms. The molecule has 0 atom stereocenters. The van der Waals surface area contributed by atoms with E-state index in [4.69, 9.17) is 4.42 Å². The summed E-state index contributed by atoms with van der Waals surface area (Å²) in [7, 11) is -3.55. The monoisotopic (exact) mass is 429 g/mol. The number of hydrogen-bond donors (Lipinski definition) is 1. The zero-order valence-corrected chi connectivity index (χ0v) is 17.8. The highest BCUT2D eigenvalue weighted by molar-refractivity contribution is 7.98. The largest absolute Gasteiger partial charge is 0.459 e. The Kier molecular flexibility index (Phi) is 7.17. The second-order valence-corrected chi connectivity index (χ2v) is 9.74. The van der Waals surface area contributed by atoms with Gasteiger partial charge in [0.15, 0.2) is 15.6 Å². The minimum atomic E-state index is -3.55. The van der Waals surface area contributed by atoms with Crippen molar-refractivity contribution in [3.05, 3.63) is 89.4 Å². The lowest BCUT2D eigenvalue weighted by molar-refractivity contribution is 0.0927. The fourth-order valence-corrected chi connectivity index (χ4v) is 4.95. The number of amides is 1. The van der Waals surface area contributed by atoms with Crippen molar-refractivity contribution >= 4 is 27.5 Å². The topological polar surface area (TPSA) is 76.4 Å². The van der Waals surface area contributed by atoms with Gasteiger partial charge in [-0.15, -0.1) is 0 Å². The molecule has 0 aliphatic heterocycles. The van der Waals surface area contributed by atoms with Crippen LogP contribution in [-0.2, 0) is 21.3 Å². The van der Waals surface area contributed by atoms with Gasteiger partial charge in [-0.3, -0.25) is 4.79 Å². The highest BCUT2D eigenvalue weighted by Crippen LogP contribution is 2.20. The molecular weight excluding hydrogens is 406 g/mol. The number of thioether (sulfide) groups is 1. The second kappa shape index (κ2) is 9.80. The maximum atomic E-state index is 12.6. The molecule has 0 aliphatic carbocycles. The van der Waals surface area contributed by atoms with Gasteiger partial charge < -0.3 is 9.73 Å². The fourth-order valence-electron chi connectivity index (χ4n) is 2.76. The zero-order valence-electron chi connectivity index (χ0n) is 16.1. The van der Waals surface area contributed by atoms with Gasteiger partial charge in [0.1, 0.15) is 0 Å². The minimum absolute atomic E-state index is 0.0491. The summed E-state index contributed by atoms with van der Waals surface area (Å²) >= 11 is 1.72. The van der Waals surface area contributed by atoms with E-state index in [9.17, 15) is 13.2 Å². The molecule has 1 aromatic heterocycles. The van der Waals surface area contributed by atoms with Crippen LogP contribution in [0.25, 0.3) is 0 Å². The van der Waals surface area contributed by atoms with Crippen molar-refractivity contribution in [3.8, 4) is 0 Å². The third-order valence-electron chi connectivity index (χ3n) is 4.32. The van der Waals surface area contributed by atoms with Crippen molar-refractivity contribution < 1.29 is 17.6 Å². The molecule has 2 aromatic carbocycles. The van der Waals surface area contributed by atoms with Gasteiger partial charge in [0.2, 0.25) is 0 Å².